The van der Waals surface area contributed by atoms with E-state index in [1.165, 1.54) is 16.7 Å². The molecule has 0 amide bonds. The van der Waals surface area contributed by atoms with Crippen LogP contribution in [0.2, 0.25) is 0 Å². The second kappa shape index (κ2) is 2.49. The van der Waals surface area contributed by atoms with Crippen LogP contribution >= 0.6 is 0 Å². The number of hydrogen-bond acceptors (Lipinski definition) is 1. The lowest BCUT2D eigenvalue weighted by molar-refractivity contribution is 1.23. The lowest BCUT2D eigenvalue weighted by atomic mass is 10.1. The van der Waals surface area contributed by atoms with E-state index in [1.807, 2.05) is 12.1 Å². The Morgan fingerprint density at radius 1 is 1.42 bits per heavy atom. The van der Waals surface area contributed by atoms with E-state index in [0.717, 1.165) is 12.0 Å². The van der Waals surface area contributed by atoms with E-state index in [0.29, 0.717) is 0 Å². The fraction of sp³-hybridized carbons (Fsp3) is 0.182. The van der Waals surface area contributed by atoms with Crippen molar-refractivity contribution in [2.45, 2.75) is 13.3 Å². The molecule has 0 unspecified atom stereocenters. The van der Waals surface area contributed by atoms with Gasteiger partial charge >= 0.3 is 0 Å². The molecule has 0 fully saturated rings. The SMILES string of the molecule is Cc1cccc2c1C=C(C#N)C2. The van der Waals surface area contributed by atoms with Gasteiger partial charge in [0.15, 0.2) is 0 Å². The number of rotatable bonds is 0. The van der Waals surface area contributed by atoms with Crippen molar-refractivity contribution in [1.29, 1.82) is 5.26 Å². The molecule has 1 aromatic rings. The van der Waals surface area contributed by atoms with Gasteiger partial charge in [-0.15, -0.1) is 0 Å². The van der Waals surface area contributed by atoms with Crippen molar-refractivity contribution in [1.82, 2.24) is 0 Å². The van der Waals surface area contributed by atoms with Crippen LogP contribution in [0.5, 0.6) is 0 Å². The second-order valence-electron chi connectivity index (χ2n) is 3.11. The van der Waals surface area contributed by atoms with Crippen molar-refractivity contribution in [2.75, 3.05) is 0 Å². The summed E-state index contributed by atoms with van der Waals surface area (Å²) >= 11 is 0. The number of nitriles is 1. The lowest BCUT2D eigenvalue weighted by Crippen LogP contribution is -1.84. The summed E-state index contributed by atoms with van der Waals surface area (Å²) in [6, 6.07) is 8.41. The molecule has 58 valence electrons. The van der Waals surface area contributed by atoms with E-state index in [4.69, 9.17) is 5.26 Å². The van der Waals surface area contributed by atoms with E-state index in [1.54, 1.807) is 0 Å². The van der Waals surface area contributed by atoms with Crippen LogP contribution in [-0.4, -0.2) is 0 Å². The average molecular weight is 155 g/mol. The zero-order valence-corrected chi connectivity index (χ0v) is 6.96. The lowest BCUT2D eigenvalue weighted by Gasteiger charge is -1.99. The highest BCUT2D eigenvalue weighted by molar-refractivity contribution is 5.69. The monoisotopic (exact) mass is 155 g/mol. The molecule has 0 bridgehead atoms. The Bertz CT molecular complexity index is 394. The largest absolute Gasteiger partial charge is 0.193 e. The minimum Gasteiger partial charge on any atom is -0.193 e. The molecule has 0 heterocycles. The number of nitrogens with zero attached hydrogens (tertiary/aromatic N) is 1. The maximum atomic E-state index is 8.71. The van der Waals surface area contributed by atoms with Crippen LogP contribution in [0.1, 0.15) is 16.7 Å². The molecular formula is C11H9N. The summed E-state index contributed by atoms with van der Waals surface area (Å²) in [5.74, 6) is 0. The van der Waals surface area contributed by atoms with E-state index >= 15 is 0 Å². The number of benzene rings is 1. The first kappa shape index (κ1) is 7.12. The topological polar surface area (TPSA) is 23.8 Å². The van der Waals surface area contributed by atoms with Crippen molar-refractivity contribution >= 4 is 6.08 Å². The van der Waals surface area contributed by atoms with Gasteiger partial charge in [-0.2, -0.15) is 5.26 Å². The van der Waals surface area contributed by atoms with Crippen LogP contribution in [0.4, 0.5) is 0 Å². The second-order valence-corrected chi connectivity index (χ2v) is 3.11. The van der Waals surface area contributed by atoms with Gasteiger partial charge in [0.25, 0.3) is 0 Å². The molecule has 0 saturated heterocycles. The summed E-state index contributed by atoms with van der Waals surface area (Å²) in [5.41, 5.74) is 4.66. The van der Waals surface area contributed by atoms with Crippen LogP contribution in [0.3, 0.4) is 0 Å². The number of allylic oxidation sites excluding steroid dienone is 1. The van der Waals surface area contributed by atoms with Crippen LogP contribution in [-0.2, 0) is 6.42 Å². The van der Waals surface area contributed by atoms with Crippen LogP contribution in [0.25, 0.3) is 6.08 Å². The Labute approximate surface area is 72.0 Å². The molecule has 2 rings (SSSR count). The molecule has 0 aromatic heterocycles. The molecule has 1 aliphatic carbocycles. The number of hydrogen-bond donors (Lipinski definition) is 0. The zero-order chi connectivity index (χ0) is 8.55. The molecule has 12 heavy (non-hydrogen) atoms. The first-order valence-corrected chi connectivity index (χ1v) is 4.00. The predicted octanol–water partition coefficient (Wildman–Crippen LogP) is 2.46. The van der Waals surface area contributed by atoms with Gasteiger partial charge in [-0.25, -0.2) is 0 Å². The summed E-state index contributed by atoms with van der Waals surface area (Å²) in [7, 11) is 0. The van der Waals surface area contributed by atoms with Gasteiger partial charge in [-0.1, -0.05) is 18.2 Å². The van der Waals surface area contributed by atoms with E-state index in [-0.39, 0.29) is 0 Å². The first-order valence-electron chi connectivity index (χ1n) is 4.00. The summed E-state index contributed by atoms with van der Waals surface area (Å²) in [4.78, 5) is 0. The molecule has 0 aliphatic heterocycles. The molecule has 0 atom stereocenters. The standard InChI is InChI=1S/C11H9N/c1-8-3-2-4-10-5-9(7-12)6-11(8)10/h2-4,6H,5H2,1H3. The molecule has 1 aliphatic rings. The smallest absolute Gasteiger partial charge is 0.0950 e. The van der Waals surface area contributed by atoms with Gasteiger partial charge in [0, 0.05) is 12.0 Å². The fourth-order valence-electron chi connectivity index (χ4n) is 1.60. The van der Waals surface area contributed by atoms with E-state index in [2.05, 4.69) is 25.1 Å². The normalized spacial score (nSPS) is 13.5. The van der Waals surface area contributed by atoms with Gasteiger partial charge in [-0.3, -0.25) is 0 Å². The summed E-state index contributed by atoms with van der Waals surface area (Å²) < 4.78 is 0. The Morgan fingerprint density at radius 2 is 2.25 bits per heavy atom. The first-order chi connectivity index (χ1) is 5.81. The van der Waals surface area contributed by atoms with Gasteiger partial charge in [0.2, 0.25) is 0 Å². The highest BCUT2D eigenvalue weighted by Gasteiger charge is 2.12. The van der Waals surface area contributed by atoms with Gasteiger partial charge < -0.3 is 0 Å². The van der Waals surface area contributed by atoms with Crippen molar-refractivity contribution in [2.24, 2.45) is 0 Å². The molecular weight excluding hydrogens is 146 g/mol. The van der Waals surface area contributed by atoms with Gasteiger partial charge in [0.05, 0.1) is 6.07 Å². The minimum absolute atomic E-state index is 0.813. The third kappa shape index (κ3) is 0.931. The number of aryl methyl sites for hydroxylation is 1. The van der Waals surface area contributed by atoms with Crippen LogP contribution < -0.4 is 0 Å². The third-order valence-electron chi connectivity index (χ3n) is 2.26. The van der Waals surface area contributed by atoms with E-state index < -0.39 is 0 Å². The molecule has 1 nitrogen and oxygen atoms in total. The highest BCUT2D eigenvalue weighted by atomic mass is 14.3. The Balaban J connectivity index is 2.57. The van der Waals surface area contributed by atoms with Gasteiger partial charge in [-0.05, 0) is 29.7 Å². The minimum atomic E-state index is 0.813. The van der Waals surface area contributed by atoms with Gasteiger partial charge in [0.1, 0.15) is 0 Å². The fourth-order valence-corrected chi connectivity index (χ4v) is 1.60. The zero-order valence-electron chi connectivity index (χ0n) is 6.96. The molecule has 0 radical (unpaired) electrons. The average Bonchev–Trinajstić information content (AvgIpc) is 2.49. The third-order valence-corrected chi connectivity index (χ3v) is 2.26. The predicted molar refractivity (Wildman–Crippen MR) is 48.5 cm³/mol. The molecule has 0 saturated carbocycles. The molecule has 0 spiro atoms. The summed E-state index contributed by atoms with van der Waals surface area (Å²) in [6.45, 7) is 2.08. The Kier molecular flexibility index (Phi) is 1.48. The molecule has 1 aromatic carbocycles. The molecule has 0 N–H and O–H groups in total. The number of fused-ring (bicyclic) bond motifs is 1. The van der Waals surface area contributed by atoms with E-state index in [9.17, 15) is 0 Å². The van der Waals surface area contributed by atoms with Crippen molar-refractivity contribution in [3.8, 4) is 6.07 Å². The maximum absolute atomic E-state index is 8.71. The van der Waals surface area contributed by atoms with Crippen LogP contribution in [0.15, 0.2) is 23.8 Å². The Morgan fingerprint density at radius 3 is 2.92 bits per heavy atom. The summed E-state index contributed by atoms with van der Waals surface area (Å²) in [6.07, 6.45) is 2.80. The van der Waals surface area contributed by atoms with Crippen molar-refractivity contribution in [3.05, 3.63) is 40.5 Å². The van der Waals surface area contributed by atoms with Crippen LogP contribution in [0, 0.1) is 18.3 Å². The summed E-state index contributed by atoms with van der Waals surface area (Å²) in [5, 5.41) is 8.71. The quantitative estimate of drug-likeness (QED) is 0.564. The van der Waals surface area contributed by atoms with Crippen molar-refractivity contribution < 1.29 is 0 Å². The molecule has 1 heteroatoms. The Hall–Kier alpha value is -1.55. The van der Waals surface area contributed by atoms with Crippen molar-refractivity contribution in [3.63, 3.8) is 0 Å². The highest BCUT2D eigenvalue weighted by Crippen LogP contribution is 2.26. The maximum Gasteiger partial charge on any atom is 0.0950 e.